The van der Waals surface area contributed by atoms with Gasteiger partial charge in [0.1, 0.15) is 5.78 Å². The van der Waals surface area contributed by atoms with Crippen LogP contribution in [0.15, 0.2) is 23.3 Å². The first-order valence-corrected chi connectivity index (χ1v) is 14.0. The van der Waals surface area contributed by atoms with Crippen LogP contribution in [0.5, 0.6) is 0 Å². The van der Waals surface area contributed by atoms with E-state index >= 15 is 0 Å². The van der Waals surface area contributed by atoms with Crippen LogP contribution in [0.3, 0.4) is 0 Å². The Labute approximate surface area is 216 Å². The lowest BCUT2D eigenvalue weighted by Crippen LogP contribution is -2.53. The molecule has 0 bridgehead atoms. The maximum Gasteiger partial charge on any atom is 0.312 e. The average Bonchev–Trinajstić information content (AvgIpc) is 3.17. The molecule has 5 heteroatoms. The Kier molecular flexibility index (Phi) is 7.27. The van der Waals surface area contributed by atoms with Crippen molar-refractivity contribution in [3.63, 3.8) is 0 Å². The molecule has 0 aromatic carbocycles. The Bertz CT molecular complexity index is 1020. The number of hydrogen-bond acceptors (Lipinski definition) is 5. The third-order valence-corrected chi connectivity index (χ3v) is 10.8. The topological polar surface area (TPSA) is 77.5 Å². The van der Waals surface area contributed by atoms with Gasteiger partial charge in [0.15, 0.2) is 11.6 Å². The number of carbonyl (C=O) groups is 4. The summed E-state index contributed by atoms with van der Waals surface area (Å²) in [6, 6.07) is 0. The van der Waals surface area contributed by atoms with Gasteiger partial charge in [-0.05, 0) is 75.0 Å². The van der Waals surface area contributed by atoms with Crippen molar-refractivity contribution < 1.29 is 23.9 Å². The third kappa shape index (κ3) is 4.15. The molecular weight excluding hydrogens is 452 g/mol. The van der Waals surface area contributed by atoms with Crippen LogP contribution < -0.4 is 0 Å². The van der Waals surface area contributed by atoms with E-state index in [1.165, 1.54) is 0 Å². The summed E-state index contributed by atoms with van der Waals surface area (Å²) in [6.45, 7) is 16.8. The van der Waals surface area contributed by atoms with Crippen molar-refractivity contribution in [3.8, 4) is 0 Å². The fourth-order valence-corrected chi connectivity index (χ4v) is 8.50. The number of allylic oxidation sites excluding steroid dienone is 2. The van der Waals surface area contributed by atoms with Gasteiger partial charge in [-0.15, -0.1) is 0 Å². The zero-order valence-electron chi connectivity index (χ0n) is 23.1. The Hall–Kier alpha value is -2.04. The molecule has 0 heterocycles. The Balaban J connectivity index is 1.56. The molecule has 2 unspecified atom stereocenters. The Morgan fingerprint density at radius 3 is 2.50 bits per heavy atom. The highest BCUT2D eigenvalue weighted by atomic mass is 16.5. The number of ether oxygens (including phenoxy) is 1. The molecule has 36 heavy (non-hydrogen) atoms. The maximum absolute atomic E-state index is 13.9. The molecule has 4 aliphatic rings. The van der Waals surface area contributed by atoms with Gasteiger partial charge in [-0.2, -0.15) is 0 Å². The minimum atomic E-state index is -0.361. The molecule has 0 aromatic rings. The molecule has 2 fully saturated rings. The van der Waals surface area contributed by atoms with Crippen LogP contribution in [0.4, 0.5) is 0 Å². The fraction of sp³-hybridized carbons (Fsp3) is 0.742. The molecule has 0 amide bonds. The van der Waals surface area contributed by atoms with E-state index in [0.29, 0.717) is 44.1 Å². The van der Waals surface area contributed by atoms with Crippen molar-refractivity contribution in [2.75, 3.05) is 6.61 Å². The van der Waals surface area contributed by atoms with E-state index in [4.69, 9.17) is 4.74 Å². The molecule has 198 valence electrons. The van der Waals surface area contributed by atoms with E-state index in [2.05, 4.69) is 27.4 Å². The highest BCUT2D eigenvalue weighted by Crippen LogP contribution is 2.64. The molecule has 4 rings (SSSR count). The second kappa shape index (κ2) is 9.68. The van der Waals surface area contributed by atoms with Gasteiger partial charge in [0.25, 0.3) is 0 Å². The summed E-state index contributed by atoms with van der Waals surface area (Å²) in [5.41, 5.74) is 1.92. The number of Topliss-reactive ketones (excluding diaryl/α,β-unsaturated/α-hetero) is 3. The van der Waals surface area contributed by atoms with Gasteiger partial charge in [0, 0.05) is 41.7 Å². The van der Waals surface area contributed by atoms with Crippen LogP contribution in [0.25, 0.3) is 0 Å². The van der Waals surface area contributed by atoms with E-state index in [-0.39, 0.29) is 57.8 Å². The molecule has 8 atom stereocenters. The van der Waals surface area contributed by atoms with E-state index in [9.17, 15) is 19.2 Å². The molecule has 5 nitrogen and oxygen atoms in total. The quantitative estimate of drug-likeness (QED) is 0.316. The molecular formula is C31H44O5. The molecule has 2 saturated carbocycles. The lowest BCUT2D eigenvalue weighted by molar-refractivity contribution is -0.146. The second-order valence-electron chi connectivity index (χ2n) is 12.7. The van der Waals surface area contributed by atoms with Gasteiger partial charge in [-0.25, -0.2) is 0 Å². The van der Waals surface area contributed by atoms with Crippen LogP contribution in [0.1, 0.15) is 92.9 Å². The van der Waals surface area contributed by atoms with Gasteiger partial charge in [-0.1, -0.05) is 39.8 Å². The zero-order chi connectivity index (χ0) is 26.6. The summed E-state index contributed by atoms with van der Waals surface area (Å²) < 4.78 is 5.16. The first-order valence-electron chi connectivity index (χ1n) is 14.0. The SMILES string of the molecule is C=C(CC[C@@H](C)[C@H]1CC[C@H]2C3=C(C(=O)C[C@]12C)[C@@]1(C)CCC(=O)[C@@H](C)C1CC3=O)C(C)C(=O)OCC. The van der Waals surface area contributed by atoms with Crippen molar-refractivity contribution in [3.05, 3.63) is 23.3 Å². The molecule has 4 aliphatic carbocycles. The average molecular weight is 497 g/mol. The number of esters is 1. The van der Waals surface area contributed by atoms with E-state index in [0.717, 1.165) is 42.4 Å². The van der Waals surface area contributed by atoms with Gasteiger partial charge in [0.2, 0.25) is 0 Å². The summed E-state index contributed by atoms with van der Waals surface area (Å²) in [5.74, 6) is 0.563. The summed E-state index contributed by atoms with van der Waals surface area (Å²) in [7, 11) is 0. The predicted octanol–water partition coefficient (Wildman–Crippen LogP) is 6.05. The highest BCUT2D eigenvalue weighted by Gasteiger charge is 2.61. The normalized spacial score (nSPS) is 37.7. The minimum Gasteiger partial charge on any atom is -0.466 e. The maximum atomic E-state index is 13.9. The number of carbonyl (C=O) groups excluding carboxylic acids is 4. The fourth-order valence-electron chi connectivity index (χ4n) is 8.50. The van der Waals surface area contributed by atoms with Gasteiger partial charge < -0.3 is 4.74 Å². The summed E-state index contributed by atoms with van der Waals surface area (Å²) in [4.78, 5) is 52.1. The van der Waals surface area contributed by atoms with Crippen LogP contribution in [0, 0.1) is 46.3 Å². The van der Waals surface area contributed by atoms with Crippen LogP contribution in [0.2, 0.25) is 0 Å². The van der Waals surface area contributed by atoms with Gasteiger partial charge in [0.05, 0.1) is 12.5 Å². The van der Waals surface area contributed by atoms with Crippen molar-refractivity contribution >= 4 is 23.3 Å². The molecule has 0 N–H and O–H groups in total. The van der Waals surface area contributed by atoms with E-state index < -0.39 is 0 Å². The summed E-state index contributed by atoms with van der Waals surface area (Å²) in [6.07, 6.45) is 5.68. The lowest BCUT2D eigenvalue weighted by atomic mass is 9.48. The lowest BCUT2D eigenvalue weighted by Gasteiger charge is -2.53. The minimum absolute atomic E-state index is 0.0539. The van der Waals surface area contributed by atoms with Crippen molar-refractivity contribution in [2.24, 2.45) is 46.3 Å². The third-order valence-electron chi connectivity index (χ3n) is 10.8. The number of rotatable bonds is 7. The number of hydrogen-bond donors (Lipinski definition) is 0. The molecule has 0 saturated heterocycles. The first-order chi connectivity index (χ1) is 16.9. The van der Waals surface area contributed by atoms with Crippen molar-refractivity contribution in [1.82, 2.24) is 0 Å². The molecule has 0 spiro atoms. The summed E-state index contributed by atoms with van der Waals surface area (Å²) >= 11 is 0. The number of fused-ring (bicyclic) bond motifs is 4. The van der Waals surface area contributed by atoms with Crippen LogP contribution in [-0.4, -0.2) is 29.9 Å². The Morgan fingerprint density at radius 2 is 1.83 bits per heavy atom. The molecule has 0 aliphatic heterocycles. The zero-order valence-corrected chi connectivity index (χ0v) is 23.1. The highest BCUT2D eigenvalue weighted by molar-refractivity contribution is 6.11. The van der Waals surface area contributed by atoms with Gasteiger partial charge >= 0.3 is 5.97 Å². The standard InChI is InChI=1S/C31H44O5/c1-8-36-29(35)19(4)17(2)9-10-18(3)21-11-12-22-27-25(33)15-23-20(5)24(32)13-14-30(23,6)28(27)26(34)16-31(21,22)7/h18-23H,2,8-16H2,1,3-7H3/t18-,19?,20+,21-,22+,23?,30+,31-/m1/s1. The van der Waals surface area contributed by atoms with Crippen LogP contribution >= 0.6 is 0 Å². The van der Waals surface area contributed by atoms with Crippen molar-refractivity contribution in [1.29, 1.82) is 0 Å². The largest absolute Gasteiger partial charge is 0.466 e. The van der Waals surface area contributed by atoms with E-state index in [1.807, 2.05) is 20.8 Å². The number of ketones is 3. The van der Waals surface area contributed by atoms with E-state index in [1.54, 1.807) is 0 Å². The Morgan fingerprint density at radius 1 is 1.14 bits per heavy atom. The van der Waals surface area contributed by atoms with Crippen molar-refractivity contribution in [2.45, 2.75) is 92.9 Å². The first kappa shape index (κ1) is 27.0. The molecule has 0 radical (unpaired) electrons. The molecule has 0 aromatic heterocycles. The van der Waals surface area contributed by atoms with Gasteiger partial charge in [-0.3, -0.25) is 19.2 Å². The van der Waals surface area contributed by atoms with Crippen LogP contribution in [-0.2, 0) is 23.9 Å². The summed E-state index contributed by atoms with van der Waals surface area (Å²) in [5, 5.41) is 0. The monoisotopic (exact) mass is 496 g/mol. The second-order valence-corrected chi connectivity index (χ2v) is 12.7. The predicted molar refractivity (Wildman–Crippen MR) is 139 cm³/mol. The smallest absolute Gasteiger partial charge is 0.312 e.